The van der Waals surface area contributed by atoms with Crippen LogP contribution >= 0.6 is 11.3 Å². The largest absolute Gasteiger partial charge is 0.376 e. The summed E-state index contributed by atoms with van der Waals surface area (Å²) in [7, 11) is 1.97. The van der Waals surface area contributed by atoms with Crippen molar-refractivity contribution in [3.8, 4) is 0 Å². The van der Waals surface area contributed by atoms with Gasteiger partial charge in [-0.25, -0.2) is 0 Å². The lowest BCUT2D eigenvalue weighted by Gasteiger charge is -2.00. The fraction of sp³-hybridized carbons (Fsp3) is 0.500. The van der Waals surface area contributed by atoms with Crippen molar-refractivity contribution in [1.82, 2.24) is 5.32 Å². The number of ether oxygens (including phenoxy) is 1. The Bertz CT molecular complexity index is 307. The van der Waals surface area contributed by atoms with Crippen LogP contribution in [0.15, 0.2) is 18.7 Å². The molecule has 0 radical (unpaired) electrons. The van der Waals surface area contributed by atoms with Gasteiger partial charge < -0.3 is 10.1 Å². The summed E-state index contributed by atoms with van der Waals surface area (Å²) < 4.78 is 5.55. The number of rotatable bonds is 7. The maximum Gasteiger partial charge on any atom is 0.0727 e. The SMILES string of the molecule is C=CCCOCc1cc(CNC)sc1C. The van der Waals surface area contributed by atoms with Gasteiger partial charge in [-0.3, -0.25) is 0 Å². The van der Waals surface area contributed by atoms with Crippen LogP contribution in [0.2, 0.25) is 0 Å². The smallest absolute Gasteiger partial charge is 0.0727 e. The minimum atomic E-state index is 0.722. The number of thiophene rings is 1. The van der Waals surface area contributed by atoms with Crippen LogP contribution in [0.1, 0.15) is 21.7 Å². The maximum atomic E-state index is 5.55. The standard InChI is InChI=1S/C12H19NOS/c1-4-5-6-14-9-11-7-12(8-13-3)15-10(11)2/h4,7,13H,1,5-6,8-9H2,2-3H3. The highest BCUT2D eigenvalue weighted by Crippen LogP contribution is 2.22. The predicted octanol–water partition coefficient (Wildman–Crippen LogP) is 2.87. The molecule has 0 fully saturated rings. The van der Waals surface area contributed by atoms with Crippen LogP contribution in [0.4, 0.5) is 0 Å². The lowest BCUT2D eigenvalue weighted by Crippen LogP contribution is -2.02. The molecule has 0 aliphatic heterocycles. The molecule has 1 rings (SSSR count). The van der Waals surface area contributed by atoms with E-state index in [0.717, 1.165) is 26.2 Å². The first-order chi connectivity index (χ1) is 7.27. The summed E-state index contributed by atoms with van der Waals surface area (Å²) in [5.41, 5.74) is 1.31. The zero-order valence-corrected chi connectivity index (χ0v) is 10.3. The Balaban J connectivity index is 2.42. The van der Waals surface area contributed by atoms with Gasteiger partial charge in [-0.2, -0.15) is 0 Å². The van der Waals surface area contributed by atoms with Crippen molar-refractivity contribution < 1.29 is 4.74 Å². The van der Waals surface area contributed by atoms with E-state index in [4.69, 9.17) is 4.74 Å². The monoisotopic (exact) mass is 225 g/mol. The molecule has 2 nitrogen and oxygen atoms in total. The highest BCUT2D eigenvalue weighted by Gasteiger charge is 2.04. The van der Waals surface area contributed by atoms with Gasteiger partial charge >= 0.3 is 0 Å². The van der Waals surface area contributed by atoms with Crippen LogP contribution in [0.5, 0.6) is 0 Å². The maximum absolute atomic E-state index is 5.55. The van der Waals surface area contributed by atoms with Crippen molar-refractivity contribution in [2.75, 3.05) is 13.7 Å². The Morgan fingerprint density at radius 1 is 1.60 bits per heavy atom. The number of aryl methyl sites for hydroxylation is 1. The van der Waals surface area contributed by atoms with Crippen molar-refractivity contribution in [3.05, 3.63) is 34.0 Å². The van der Waals surface area contributed by atoms with Gasteiger partial charge in [0.05, 0.1) is 13.2 Å². The first-order valence-electron chi connectivity index (χ1n) is 5.19. The van der Waals surface area contributed by atoms with Gasteiger partial charge in [-0.15, -0.1) is 17.9 Å². The normalized spacial score (nSPS) is 10.5. The van der Waals surface area contributed by atoms with E-state index in [1.54, 1.807) is 0 Å². The second-order valence-corrected chi connectivity index (χ2v) is 4.80. The number of hydrogen-bond donors (Lipinski definition) is 1. The fourth-order valence-electron chi connectivity index (χ4n) is 1.34. The average molecular weight is 225 g/mol. The Morgan fingerprint density at radius 2 is 2.40 bits per heavy atom. The molecule has 1 N–H and O–H groups in total. The van der Waals surface area contributed by atoms with Crippen molar-refractivity contribution >= 4 is 11.3 Å². The molecule has 0 spiro atoms. The molecule has 1 aromatic heterocycles. The van der Waals surface area contributed by atoms with Crippen LogP contribution in [-0.4, -0.2) is 13.7 Å². The molecule has 0 bridgehead atoms. The zero-order chi connectivity index (χ0) is 11.1. The van der Waals surface area contributed by atoms with E-state index in [0.29, 0.717) is 0 Å². The molecule has 15 heavy (non-hydrogen) atoms. The summed E-state index contributed by atoms with van der Waals surface area (Å²) >= 11 is 1.84. The van der Waals surface area contributed by atoms with Gasteiger partial charge in [-0.05, 0) is 32.0 Å². The quantitative estimate of drug-likeness (QED) is 0.569. The van der Waals surface area contributed by atoms with Crippen LogP contribution in [-0.2, 0) is 17.9 Å². The third-order valence-corrected chi connectivity index (χ3v) is 3.24. The first kappa shape index (κ1) is 12.4. The Labute approximate surface area is 96.0 Å². The van der Waals surface area contributed by atoms with Crippen LogP contribution in [0, 0.1) is 6.92 Å². The molecule has 0 amide bonds. The minimum absolute atomic E-state index is 0.722. The fourth-order valence-corrected chi connectivity index (χ4v) is 2.40. The predicted molar refractivity (Wildman–Crippen MR) is 66.3 cm³/mol. The molecule has 1 heterocycles. The van der Waals surface area contributed by atoms with Crippen molar-refractivity contribution in [2.45, 2.75) is 26.5 Å². The first-order valence-corrected chi connectivity index (χ1v) is 6.01. The summed E-state index contributed by atoms with van der Waals surface area (Å²) in [6, 6.07) is 2.23. The van der Waals surface area contributed by atoms with Gasteiger partial charge in [0.1, 0.15) is 0 Å². The van der Waals surface area contributed by atoms with Crippen LogP contribution in [0.25, 0.3) is 0 Å². The molecule has 0 aliphatic rings. The van der Waals surface area contributed by atoms with Crippen molar-refractivity contribution in [2.24, 2.45) is 0 Å². The number of hydrogen-bond acceptors (Lipinski definition) is 3. The molecule has 0 aliphatic carbocycles. The van der Waals surface area contributed by atoms with Gasteiger partial charge in [0, 0.05) is 16.3 Å². The Morgan fingerprint density at radius 3 is 3.07 bits per heavy atom. The molecular formula is C12H19NOS. The van der Waals surface area contributed by atoms with Gasteiger partial charge in [0.25, 0.3) is 0 Å². The molecule has 3 heteroatoms. The molecule has 0 aromatic carbocycles. The van der Waals surface area contributed by atoms with E-state index in [1.165, 1.54) is 15.3 Å². The summed E-state index contributed by atoms with van der Waals surface area (Å²) in [5.74, 6) is 0. The Hall–Kier alpha value is -0.640. The van der Waals surface area contributed by atoms with E-state index < -0.39 is 0 Å². The second kappa shape index (κ2) is 6.77. The molecule has 1 aromatic rings. The topological polar surface area (TPSA) is 21.3 Å². The van der Waals surface area contributed by atoms with E-state index in [9.17, 15) is 0 Å². The van der Waals surface area contributed by atoms with Gasteiger partial charge in [-0.1, -0.05) is 6.08 Å². The van der Waals surface area contributed by atoms with Crippen LogP contribution < -0.4 is 5.32 Å². The molecule has 0 saturated heterocycles. The second-order valence-electron chi connectivity index (χ2n) is 3.45. The number of nitrogens with one attached hydrogen (secondary N) is 1. The highest BCUT2D eigenvalue weighted by atomic mass is 32.1. The molecule has 0 unspecified atom stereocenters. The van der Waals surface area contributed by atoms with Crippen LogP contribution in [0.3, 0.4) is 0 Å². The molecular weight excluding hydrogens is 206 g/mol. The van der Waals surface area contributed by atoms with E-state index in [1.807, 2.05) is 24.5 Å². The molecule has 0 atom stereocenters. The molecule has 0 saturated carbocycles. The molecule has 84 valence electrons. The van der Waals surface area contributed by atoms with Crippen molar-refractivity contribution in [3.63, 3.8) is 0 Å². The van der Waals surface area contributed by atoms with Crippen molar-refractivity contribution in [1.29, 1.82) is 0 Å². The Kier molecular flexibility index (Phi) is 5.61. The lowest BCUT2D eigenvalue weighted by molar-refractivity contribution is 0.125. The third-order valence-electron chi connectivity index (χ3n) is 2.15. The lowest BCUT2D eigenvalue weighted by atomic mass is 10.2. The average Bonchev–Trinajstić information content (AvgIpc) is 2.55. The summed E-state index contributed by atoms with van der Waals surface area (Å²) in [5, 5.41) is 3.16. The van der Waals surface area contributed by atoms with E-state index in [2.05, 4.69) is 24.9 Å². The zero-order valence-electron chi connectivity index (χ0n) is 9.51. The van der Waals surface area contributed by atoms with Gasteiger partial charge in [0.2, 0.25) is 0 Å². The summed E-state index contributed by atoms with van der Waals surface area (Å²) in [6.45, 7) is 8.24. The van der Waals surface area contributed by atoms with Gasteiger partial charge in [0.15, 0.2) is 0 Å². The third kappa shape index (κ3) is 4.16. The minimum Gasteiger partial charge on any atom is -0.376 e. The summed E-state index contributed by atoms with van der Waals surface area (Å²) in [4.78, 5) is 2.73. The van der Waals surface area contributed by atoms with E-state index >= 15 is 0 Å². The highest BCUT2D eigenvalue weighted by molar-refractivity contribution is 7.12. The summed E-state index contributed by atoms with van der Waals surface area (Å²) in [6.07, 6.45) is 2.81. The van der Waals surface area contributed by atoms with E-state index in [-0.39, 0.29) is 0 Å².